The molecule has 7 heteroatoms. The average Bonchev–Trinajstić information content (AvgIpc) is 2.91. The first kappa shape index (κ1) is 27.6. The molecule has 204 valence electrons. The van der Waals surface area contributed by atoms with Gasteiger partial charge in [-0.3, -0.25) is 0 Å². The lowest BCUT2D eigenvalue weighted by Crippen LogP contribution is -2.27. The van der Waals surface area contributed by atoms with E-state index in [2.05, 4.69) is 0 Å². The molecule has 2 aliphatic carbocycles. The van der Waals surface area contributed by atoms with Crippen molar-refractivity contribution in [1.29, 1.82) is 0 Å². The van der Waals surface area contributed by atoms with Crippen LogP contribution in [0, 0.1) is 35.2 Å². The number of ether oxygens (including phenoxy) is 3. The largest absolute Gasteiger partial charge is 0.494 e. The zero-order valence-corrected chi connectivity index (χ0v) is 21.8. The van der Waals surface area contributed by atoms with Gasteiger partial charge in [0.05, 0.1) is 13.7 Å². The van der Waals surface area contributed by atoms with Crippen LogP contribution >= 0.6 is 0 Å². The van der Waals surface area contributed by atoms with Crippen molar-refractivity contribution in [1.82, 2.24) is 0 Å². The number of benzene rings is 2. The second kappa shape index (κ2) is 12.9. The standard InChI is InChI=1S/C30H38F4O3/c1-3-36-27-14-12-24(17-26(27)32)37-18-23(31)16-19-4-6-20(7-5-19)21-8-10-22(11-9-21)25-13-15-28(35-2)30(34)29(25)33/h12-15,17,19-23H,3-11,16,18H2,1-2H3. The molecule has 0 amide bonds. The van der Waals surface area contributed by atoms with Crippen molar-refractivity contribution in [3.8, 4) is 17.2 Å². The maximum Gasteiger partial charge on any atom is 0.200 e. The van der Waals surface area contributed by atoms with Crippen molar-refractivity contribution < 1.29 is 31.8 Å². The Kier molecular flexibility index (Phi) is 9.60. The van der Waals surface area contributed by atoms with E-state index in [1.807, 2.05) is 0 Å². The van der Waals surface area contributed by atoms with E-state index >= 15 is 0 Å². The van der Waals surface area contributed by atoms with Crippen LogP contribution < -0.4 is 14.2 Å². The molecule has 37 heavy (non-hydrogen) atoms. The molecule has 2 aliphatic rings. The zero-order chi connectivity index (χ0) is 26.4. The molecule has 0 heterocycles. The van der Waals surface area contributed by atoms with E-state index in [0.717, 1.165) is 51.4 Å². The molecule has 0 bridgehead atoms. The molecule has 3 nitrogen and oxygen atoms in total. The summed E-state index contributed by atoms with van der Waals surface area (Å²) in [6, 6.07) is 7.51. The predicted molar refractivity (Wildman–Crippen MR) is 136 cm³/mol. The fourth-order valence-corrected chi connectivity index (χ4v) is 6.28. The highest BCUT2D eigenvalue weighted by molar-refractivity contribution is 5.34. The number of halogens is 4. The van der Waals surface area contributed by atoms with Gasteiger partial charge in [0.25, 0.3) is 0 Å². The van der Waals surface area contributed by atoms with Crippen molar-refractivity contribution >= 4 is 0 Å². The highest BCUT2D eigenvalue weighted by Gasteiger charge is 2.33. The third-order valence-electron chi connectivity index (χ3n) is 8.29. The summed E-state index contributed by atoms with van der Waals surface area (Å²) >= 11 is 0. The van der Waals surface area contributed by atoms with E-state index < -0.39 is 23.6 Å². The van der Waals surface area contributed by atoms with Gasteiger partial charge in [0.1, 0.15) is 18.5 Å². The minimum absolute atomic E-state index is 0.0455. The molecule has 2 aromatic rings. The second-order valence-corrected chi connectivity index (χ2v) is 10.5. The molecule has 0 aromatic heterocycles. The summed E-state index contributed by atoms with van der Waals surface area (Å²) in [5, 5.41) is 0. The summed E-state index contributed by atoms with van der Waals surface area (Å²) in [5.74, 6) is -0.174. The van der Waals surface area contributed by atoms with E-state index in [4.69, 9.17) is 14.2 Å². The lowest BCUT2D eigenvalue weighted by molar-refractivity contribution is 0.121. The van der Waals surface area contributed by atoms with E-state index in [1.165, 1.54) is 25.3 Å². The smallest absolute Gasteiger partial charge is 0.200 e. The van der Waals surface area contributed by atoms with E-state index in [0.29, 0.717) is 42.1 Å². The molecule has 1 unspecified atom stereocenters. The van der Waals surface area contributed by atoms with Crippen LogP contribution in [0.1, 0.15) is 76.2 Å². The van der Waals surface area contributed by atoms with Gasteiger partial charge in [-0.05, 0) is 99.3 Å². The van der Waals surface area contributed by atoms with Crippen molar-refractivity contribution in [2.24, 2.45) is 17.8 Å². The molecule has 0 radical (unpaired) electrons. The van der Waals surface area contributed by atoms with Gasteiger partial charge in [-0.1, -0.05) is 18.9 Å². The summed E-state index contributed by atoms with van der Waals surface area (Å²) in [6.45, 7) is 2.07. The lowest BCUT2D eigenvalue weighted by atomic mass is 9.68. The van der Waals surface area contributed by atoms with Gasteiger partial charge in [-0.15, -0.1) is 0 Å². The fraction of sp³-hybridized carbons (Fsp3) is 0.600. The Labute approximate surface area is 217 Å². The highest BCUT2D eigenvalue weighted by Crippen LogP contribution is 2.45. The molecule has 2 fully saturated rings. The number of hydrogen-bond acceptors (Lipinski definition) is 3. The Bertz CT molecular complexity index is 1010. The normalized spacial score (nSPS) is 24.9. The highest BCUT2D eigenvalue weighted by atomic mass is 19.2. The molecule has 2 aromatic carbocycles. The molecule has 0 N–H and O–H groups in total. The molecule has 0 saturated heterocycles. The topological polar surface area (TPSA) is 27.7 Å². The Morgan fingerprint density at radius 2 is 1.46 bits per heavy atom. The van der Waals surface area contributed by atoms with E-state index in [-0.39, 0.29) is 24.0 Å². The fourth-order valence-electron chi connectivity index (χ4n) is 6.28. The number of alkyl halides is 1. The molecule has 0 aliphatic heterocycles. The van der Waals surface area contributed by atoms with Crippen LogP contribution in [0.25, 0.3) is 0 Å². The molecule has 1 atom stereocenters. The molecular formula is C30H38F4O3. The Morgan fingerprint density at radius 1 is 0.811 bits per heavy atom. The van der Waals surface area contributed by atoms with E-state index in [1.54, 1.807) is 19.1 Å². The first-order valence-corrected chi connectivity index (χ1v) is 13.6. The summed E-state index contributed by atoms with van der Waals surface area (Å²) in [7, 11) is 1.34. The van der Waals surface area contributed by atoms with Gasteiger partial charge < -0.3 is 14.2 Å². The lowest BCUT2D eigenvalue weighted by Gasteiger charge is -2.38. The van der Waals surface area contributed by atoms with Crippen molar-refractivity contribution in [3.63, 3.8) is 0 Å². The van der Waals surface area contributed by atoms with E-state index in [9.17, 15) is 17.6 Å². The monoisotopic (exact) mass is 522 g/mol. The van der Waals surface area contributed by atoms with Crippen LogP contribution in [0.15, 0.2) is 30.3 Å². The summed E-state index contributed by atoms with van der Waals surface area (Å²) < 4.78 is 72.8. The van der Waals surface area contributed by atoms with Crippen LogP contribution in [0.2, 0.25) is 0 Å². The van der Waals surface area contributed by atoms with Crippen LogP contribution in [0.4, 0.5) is 17.6 Å². The van der Waals surface area contributed by atoms with Crippen molar-refractivity contribution in [2.75, 3.05) is 20.3 Å². The Hall–Kier alpha value is -2.44. The Balaban J connectivity index is 1.18. The number of methoxy groups -OCH3 is 1. The second-order valence-electron chi connectivity index (χ2n) is 10.5. The maximum absolute atomic E-state index is 14.6. The van der Waals surface area contributed by atoms with Gasteiger partial charge in [0, 0.05) is 6.07 Å². The average molecular weight is 523 g/mol. The molecule has 4 rings (SSSR count). The first-order chi connectivity index (χ1) is 17.9. The molecule has 0 spiro atoms. The summed E-state index contributed by atoms with van der Waals surface area (Å²) in [6.07, 6.45) is 7.31. The zero-order valence-electron chi connectivity index (χ0n) is 21.8. The first-order valence-electron chi connectivity index (χ1n) is 13.6. The number of rotatable bonds is 10. The maximum atomic E-state index is 14.6. The summed E-state index contributed by atoms with van der Waals surface area (Å²) in [4.78, 5) is 0. The van der Waals surface area contributed by atoms with Crippen molar-refractivity contribution in [2.45, 2.75) is 76.8 Å². The van der Waals surface area contributed by atoms with Gasteiger partial charge in [-0.2, -0.15) is 4.39 Å². The third-order valence-corrected chi connectivity index (χ3v) is 8.29. The van der Waals surface area contributed by atoms with Gasteiger partial charge in [0.15, 0.2) is 23.1 Å². The minimum Gasteiger partial charge on any atom is -0.494 e. The number of hydrogen-bond donors (Lipinski definition) is 0. The minimum atomic E-state index is -1.09. The van der Waals surface area contributed by atoms with Crippen molar-refractivity contribution in [3.05, 3.63) is 53.3 Å². The van der Waals surface area contributed by atoms with Gasteiger partial charge >= 0.3 is 0 Å². The van der Waals surface area contributed by atoms with Gasteiger partial charge in [0.2, 0.25) is 5.82 Å². The quantitative estimate of drug-likeness (QED) is 0.293. The molecular weight excluding hydrogens is 484 g/mol. The predicted octanol–water partition coefficient (Wildman–Crippen LogP) is 8.40. The van der Waals surface area contributed by atoms with Crippen LogP contribution in [-0.2, 0) is 0 Å². The van der Waals surface area contributed by atoms with Gasteiger partial charge in [-0.25, -0.2) is 13.2 Å². The summed E-state index contributed by atoms with van der Waals surface area (Å²) in [5.41, 5.74) is 0.463. The third kappa shape index (κ3) is 6.91. The molecule has 2 saturated carbocycles. The van der Waals surface area contributed by atoms with Crippen LogP contribution in [0.5, 0.6) is 17.2 Å². The van der Waals surface area contributed by atoms with Crippen LogP contribution in [-0.4, -0.2) is 26.5 Å². The SMILES string of the molecule is CCOc1ccc(OCC(F)CC2CCC(C3CCC(c4ccc(OC)c(F)c4F)CC3)CC2)cc1F. The van der Waals surface area contributed by atoms with Crippen LogP contribution in [0.3, 0.4) is 0 Å². The Morgan fingerprint density at radius 3 is 2.08 bits per heavy atom.